The van der Waals surface area contributed by atoms with Gasteiger partial charge in [-0.15, -0.1) is 5.10 Å². The number of hydrogen-bond donors (Lipinski definition) is 2. The van der Waals surface area contributed by atoms with Crippen LogP contribution >= 0.6 is 0 Å². The molecule has 0 aliphatic rings. The molecule has 2 aromatic carbocycles. The Balaban J connectivity index is 1.74. The SMILES string of the molecule is CCn1nnc2cc(C(=O)NCc3ccccc3CS(=O)(=O)NC)ccc21. The molecule has 3 rings (SSSR count). The van der Waals surface area contributed by atoms with E-state index in [0.717, 1.165) is 11.1 Å². The number of aryl methyl sites for hydroxylation is 1. The normalized spacial score (nSPS) is 11.6. The number of sulfonamides is 1. The van der Waals surface area contributed by atoms with Crippen LogP contribution in [-0.4, -0.2) is 36.4 Å². The quantitative estimate of drug-likeness (QED) is 0.638. The Hall–Kier alpha value is -2.78. The zero-order valence-corrected chi connectivity index (χ0v) is 16.0. The lowest BCUT2D eigenvalue weighted by Crippen LogP contribution is -2.25. The summed E-state index contributed by atoms with van der Waals surface area (Å²) in [7, 11) is -2.01. The van der Waals surface area contributed by atoms with Crippen molar-refractivity contribution in [2.24, 2.45) is 0 Å². The maximum Gasteiger partial charge on any atom is 0.251 e. The topological polar surface area (TPSA) is 106 Å². The van der Waals surface area contributed by atoms with Crippen LogP contribution in [0.2, 0.25) is 0 Å². The summed E-state index contributed by atoms with van der Waals surface area (Å²) >= 11 is 0. The molecule has 0 spiro atoms. The fourth-order valence-corrected chi connectivity index (χ4v) is 3.61. The van der Waals surface area contributed by atoms with Gasteiger partial charge >= 0.3 is 0 Å². The van der Waals surface area contributed by atoms with Crippen molar-refractivity contribution in [3.63, 3.8) is 0 Å². The highest BCUT2D eigenvalue weighted by molar-refractivity contribution is 7.88. The molecule has 1 aromatic heterocycles. The van der Waals surface area contributed by atoms with E-state index in [2.05, 4.69) is 20.4 Å². The lowest BCUT2D eigenvalue weighted by molar-refractivity contribution is 0.0951. The van der Waals surface area contributed by atoms with Gasteiger partial charge in [0.15, 0.2) is 0 Å². The number of amides is 1. The zero-order chi connectivity index (χ0) is 19.4. The molecule has 0 fully saturated rings. The predicted molar refractivity (Wildman–Crippen MR) is 102 cm³/mol. The van der Waals surface area contributed by atoms with E-state index in [-0.39, 0.29) is 18.2 Å². The van der Waals surface area contributed by atoms with Crippen LogP contribution in [0.4, 0.5) is 0 Å². The van der Waals surface area contributed by atoms with Gasteiger partial charge in [-0.2, -0.15) is 0 Å². The Kier molecular flexibility index (Phi) is 5.52. The highest BCUT2D eigenvalue weighted by Gasteiger charge is 2.14. The number of benzene rings is 2. The molecule has 0 aliphatic heterocycles. The molecule has 27 heavy (non-hydrogen) atoms. The van der Waals surface area contributed by atoms with Gasteiger partial charge in [0.25, 0.3) is 5.91 Å². The summed E-state index contributed by atoms with van der Waals surface area (Å²) in [5.41, 5.74) is 3.41. The molecule has 1 amide bonds. The highest BCUT2D eigenvalue weighted by Crippen LogP contribution is 2.15. The predicted octanol–water partition coefficient (Wildman–Crippen LogP) is 1.43. The summed E-state index contributed by atoms with van der Waals surface area (Å²) in [6.45, 7) is 2.91. The molecule has 0 unspecified atom stereocenters. The monoisotopic (exact) mass is 387 g/mol. The van der Waals surface area contributed by atoms with E-state index in [0.29, 0.717) is 23.2 Å². The first-order valence-corrected chi connectivity index (χ1v) is 10.2. The minimum Gasteiger partial charge on any atom is -0.348 e. The van der Waals surface area contributed by atoms with Crippen LogP contribution in [0, 0.1) is 0 Å². The summed E-state index contributed by atoms with van der Waals surface area (Å²) in [4.78, 5) is 12.5. The Morgan fingerprint density at radius 3 is 2.59 bits per heavy atom. The van der Waals surface area contributed by atoms with Crippen LogP contribution in [0.5, 0.6) is 0 Å². The van der Waals surface area contributed by atoms with E-state index < -0.39 is 10.0 Å². The molecule has 0 aliphatic carbocycles. The Labute approximate surface area is 157 Å². The molecule has 9 heteroatoms. The summed E-state index contributed by atoms with van der Waals surface area (Å²) in [5, 5.41) is 10.9. The summed E-state index contributed by atoms with van der Waals surface area (Å²) in [6, 6.07) is 12.4. The summed E-state index contributed by atoms with van der Waals surface area (Å²) in [5.74, 6) is -0.393. The van der Waals surface area contributed by atoms with Crippen LogP contribution in [0.15, 0.2) is 42.5 Å². The lowest BCUT2D eigenvalue weighted by Gasteiger charge is -2.11. The second kappa shape index (κ2) is 7.85. The van der Waals surface area contributed by atoms with Gasteiger partial charge in [-0.3, -0.25) is 4.79 Å². The third kappa shape index (κ3) is 4.32. The van der Waals surface area contributed by atoms with Crippen molar-refractivity contribution >= 4 is 27.0 Å². The first-order chi connectivity index (χ1) is 12.9. The largest absolute Gasteiger partial charge is 0.348 e. The summed E-state index contributed by atoms with van der Waals surface area (Å²) in [6.07, 6.45) is 0. The molecule has 0 atom stereocenters. The van der Waals surface area contributed by atoms with Gasteiger partial charge in [-0.1, -0.05) is 29.5 Å². The van der Waals surface area contributed by atoms with Crippen LogP contribution in [0.1, 0.15) is 28.4 Å². The number of carbonyl (C=O) groups excluding carboxylic acids is 1. The van der Waals surface area contributed by atoms with Crippen LogP contribution in [-0.2, 0) is 28.9 Å². The van der Waals surface area contributed by atoms with Gasteiger partial charge in [0.2, 0.25) is 10.0 Å². The van der Waals surface area contributed by atoms with E-state index >= 15 is 0 Å². The first kappa shape index (κ1) is 19.0. The van der Waals surface area contributed by atoms with Crippen molar-refractivity contribution in [2.75, 3.05) is 7.05 Å². The van der Waals surface area contributed by atoms with E-state index in [1.807, 2.05) is 19.1 Å². The van der Waals surface area contributed by atoms with Gasteiger partial charge in [-0.05, 0) is 43.3 Å². The second-order valence-corrected chi connectivity index (χ2v) is 7.95. The maximum absolute atomic E-state index is 12.5. The fourth-order valence-electron chi connectivity index (χ4n) is 2.77. The van der Waals surface area contributed by atoms with E-state index in [9.17, 15) is 13.2 Å². The molecule has 3 aromatic rings. The standard InChI is InChI=1S/C18H21N5O3S/c1-3-23-17-9-8-13(10-16(17)21-22-23)18(24)20-11-14-6-4-5-7-15(14)12-27(25,26)19-2/h4-10,19H,3,11-12H2,1-2H3,(H,20,24). The number of aromatic nitrogens is 3. The molecule has 0 bridgehead atoms. The van der Waals surface area contributed by atoms with E-state index in [4.69, 9.17) is 0 Å². The molecule has 0 radical (unpaired) electrons. The number of fused-ring (bicyclic) bond motifs is 1. The van der Waals surface area contributed by atoms with Crippen LogP contribution < -0.4 is 10.0 Å². The molecule has 1 heterocycles. The Morgan fingerprint density at radius 2 is 1.89 bits per heavy atom. The third-order valence-electron chi connectivity index (χ3n) is 4.29. The van der Waals surface area contributed by atoms with Crippen molar-refractivity contribution in [1.82, 2.24) is 25.0 Å². The number of nitrogens with zero attached hydrogens (tertiary/aromatic N) is 3. The molecule has 8 nitrogen and oxygen atoms in total. The van der Waals surface area contributed by atoms with Gasteiger partial charge < -0.3 is 5.32 Å². The molecule has 0 saturated heterocycles. The van der Waals surface area contributed by atoms with Crippen molar-refractivity contribution in [3.8, 4) is 0 Å². The number of carbonyl (C=O) groups is 1. The first-order valence-electron chi connectivity index (χ1n) is 8.53. The minimum absolute atomic E-state index is 0.137. The Bertz CT molecular complexity index is 1080. The van der Waals surface area contributed by atoms with Gasteiger partial charge in [0.1, 0.15) is 5.52 Å². The number of rotatable bonds is 7. The fraction of sp³-hybridized carbons (Fsp3) is 0.278. The van der Waals surface area contributed by atoms with Crippen LogP contribution in [0.3, 0.4) is 0 Å². The van der Waals surface area contributed by atoms with Crippen molar-refractivity contribution in [3.05, 3.63) is 59.2 Å². The smallest absolute Gasteiger partial charge is 0.251 e. The van der Waals surface area contributed by atoms with Crippen molar-refractivity contribution in [2.45, 2.75) is 25.8 Å². The van der Waals surface area contributed by atoms with E-state index in [1.54, 1.807) is 35.0 Å². The van der Waals surface area contributed by atoms with Crippen molar-refractivity contribution in [1.29, 1.82) is 0 Å². The van der Waals surface area contributed by atoms with Crippen LogP contribution in [0.25, 0.3) is 11.0 Å². The highest BCUT2D eigenvalue weighted by atomic mass is 32.2. The summed E-state index contributed by atoms with van der Waals surface area (Å²) < 4.78 is 27.7. The molecular weight excluding hydrogens is 366 g/mol. The van der Waals surface area contributed by atoms with Gasteiger partial charge in [0.05, 0.1) is 11.3 Å². The molecule has 142 valence electrons. The van der Waals surface area contributed by atoms with Crippen molar-refractivity contribution < 1.29 is 13.2 Å². The maximum atomic E-state index is 12.5. The van der Waals surface area contributed by atoms with Gasteiger partial charge in [0, 0.05) is 18.7 Å². The molecular formula is C18H21N5O3S. The van der Waals surface area contributed by atoms with Gasteiger partial charge in [-0.25, -0.2) is 17.8 Å². The molecule has 2 N–H and O–H groups in total. The zero-order valence-electron chi connectivity index (χ0n) is 15.1. The lowest BCUT2D eigenvalue weighted by atomic mass is 10.1. The number of hydrogen-bond acceptors (Lipinski definition) is 5. The minimum atomic E-state index is -3.39. The number of nitrogens with one attached hydrogen (secondary N) is 2. The average molecular weight is 387 g/mol. The Morgan fingerprint density at radius 1 is 1.15 bits per heavy atom. The average Bonchev–Trinajstić information content (AvgIpc) is 3.09. The molecule has 0 saturated carbocycles. The van der Waals surface area contributed by atoms with E-state index in [1.165, 1.54) is 7.05 Å². The third-order valence-corrected chi connectivity index (χ3v) is 5.60. The second-order valence-electron chi connectivity index (χ2n) is 6.02.